The topological polar surface area (TPSA) is 75.3 Å². The van der Waals surface area contributed by atoms with Crippen LogP contribution in [-0.2, 0) is 4.79 Å². The van der Waals surface area contributed by atoms with Gasteiger partial charge >= 0.3 is 0 Å². The first-order valence-electron chi connectivity index (χ1n) is 6.51. The van der Waals surface area contributed by atoms with Crippen LogP contribution < -0.4 is 11.1 Å². The molecular formula is C14H19BrN2O2. The molecule has 2 rings (SSSR count). The number of hydrogen-bond acceptors (Lipinski definition) is 3. The standard InChI is InChI=1S/C14H19BrN2O2/c15-11-1-3-12(4-2-11)17-13(18)10-5-7-14(19,9-16)8-6-10/h1-4,10,19H,5-9,16H2,(H,17,18). The molecule has 1 aliphatic rings. The summed E-state index contributed by atoms with van der Waals surface area (Å²) in [4.78, 5) is 12.1. The van der Waals surface area contributed by atoms with Crippen molar-refractivity contribution < 1.29 is 9.90 Å². The number of rotatable bonds is 3. The van der Waals surface area contributed by atoms with E-state index in [1.54, 1.807) is 0 Å². The number of carbonyl (C=O) groups is 1. The van der Waals surface area contributed by atoms with Gasteiger partial charge in [-0.2, -0.15) is 0 Å². The van der Waals surface area contributed by atoms with Crippen molar-refractivity contribution in [1.82, 2.24) is 0 Å². The predicted octanol–water partition coefficient (Wildman–Crippen LogP) is 2.27. The number of hydrogen-bond donors (Lipinski definition) is 3. The Kier molecular flexibility index (Phi) is 4.60. The third kappa shape index (κ3) is 3.78. The second-order valence-electron chi connectivity index (χ2n) is 5.20. The molecule has 19 heavy (non-hydrogen) atoms. The molecule has 4 N–H and O–H groups in total. The Hall–Kier alpha value is -0.910. The highest BCUT2D eigenvalue weighted by atomic mass is 79.9. The summed E-state index contributed by atoms with van der Waals surface area (Å²) in [5.41, 5.74) is 5.57. The van der Waals surface area contributed by atoms with Crippen molar-refractivity contribution in [3.8, 4) is 0 Å². The van der Waals surface area contributed by atoms with Crippen molar-refractivity contribution >= 4 is 27.5 Å². The first kappa shape index (κ1) is 14.5. The van der Waals surface area contributed by atoms with Gasteiger partial charge in [0.1, 0.15) is 0 Å². The zero-order valence-electron chi connectivity index (χ0n) is 10.7. The Morgan fingerprint density at radius 3 is 2.47 bits per heavy atom. The van der Waals surface area contributed by atoms with Gasteiger partial charge in [-0.3, -0.25) is 4.79 Å². The van der Waals surface area contributed by atoms with E-state index in [2.05, 4.69) is 21.2 Å². The molecule has 1 aromatic carbocycles. The molecule has 4 nitrogen and oxygen atoms in total. The number of halogens is 1. The minimum absolute atomic E-state index is 0.0291. The van der Waals surface area contributed by atoms with Crippen molar-refractivity contribution in [2.75, 3.05) is 11.9 Å². The third-order valence-electron chi connectivity index (χ3n) is 3.78. The third-order valence-corrected chi connectivity index (χ3v) is 4.31. The molecule has 1 fully saturated rings. The van der Waals surface area contributed by atoms with Gasteiger partial charge in [-0.15, -0.1) is 0 Å². The van der Waals surface area contributed by atoms with E-state index in [4.69, 9.17) is 5.73 Å². The molecule has 0 radical (unpaired) electrons. The number of amides is 1. The first-order chi connectivity index (χ1) is 9.02. The summed E-state index contributed by atoms with van der Waals surface area (Å²) in [5, 5.41) is 12.9. The number of aliphatic hydroxyl groups is 1. The summed E-state index contributed by atoms with van der Waals surface area (Å²) < 4.78 is 0.983. The Morgan fingerprint density at radius 2 is 1.95 bits per heavy atom. The zero-order valence-corrected chi connectivity index (χ0v) is 12.3. The maximum absolute atomic E-state index is 12.1. The van der Waals surface area contributed by atoms with Crippen molar-refractivity contribution in [2.24, 2.45) is 11.7 Å². The molecule has 0 saturated heterocycles. The average Bonchev–Trinajstić information content (AvgIpc) is 2.42. The number of anilines is 1. The molecule has 0 aromatic heterocycles. The zero-order chi connectivity index (χ0) is 13.9. The van der Waals surface area contributed by atoms with Crippen LogP contribution in [0.4, 0.5) is 5.69 Å². The average molecular weight is 327 g/mol. The van der Waals surface area contributed by atoms with Gasteiger partial charge in [0, 0.05) is 22.6 Å². The molecule has 1 saturated carbocycles. The summed E-state index contributed by atoms with van der Waals surface area (Å²) in [5.74, 6) is -0.00290. The van der Waals surface area contributed by atoms with Gasteiger partial charge in [0.15, 0.2) is 0 Å². The second kappa shape index (κ2) is 6.03. The van der Waals surface area contributed by atoms with Gasteiger partial charge in [-0.1, -0.05) is 15.9 Å². The molecular weight excluding hydrogens is 308 g/mol. The van der Waals surface area contributed by atoms with Crippen molar-refractivity contribution in [1.29, 1.82) is 0 Å². The second-order valence-corrected chi connectivity index (χ2v) is 6.11. The smallest absolute Gasteiger partial charge is 0.227 e. The normalized spacial score (nSPS) is 27.0. The lowest BCUT2D eigenvalue weighted by molar-refractivity contribution is -0.122. The fraction of sp³-hybridized carbons (Fsp3) is 0.500. The van der Waals surface area contributed by atoms with Crippen molar-refractivity contribution in [2.45, 2.75) is 31.3 Å². The molecule has 0 unspecified atom stereocenters. The minimum atomic E-state index is -0.769. The van der Waals surface area contributed by atoms with E-state index in [9.17, 15) is 9.90 Å². The molecule has 104 valence electrons. The summed E-state index contributed by atoms with van der Waals surface area (Å²) in [6.45, 7) is 0.272. The van der Waals surface area contributed by atoms with Crippen LogP contribution in [0.1, 0.15) is 25.7 Å². The number of carbonyl (C=O) groups excluding carboxylic acids is 1. The Balaban J connectivity index is 1.89. The van der Waals surface area contributed by atoms with E-state index in [0.717, 1.165) is 10.2 Å². The van der Waals surface area contributed by atoms with Crippen molar-refractivity contribution in [3.63, 3.8) is 0 Å². The first-order valence-corrected chi connectivity index (χ1v) is 7.31. The molecule has 1 amide bonds. The molecule has 0 heterocycles. The molecule has 0 bridgehead atoms. The van der Waals surface area contributed by atoms with Gasteiger partial charge in [-0.05, 0) is 49.9 Å². The predicted molar refractivity (Wildman–Crippen MR) is 78.7 cm³/mol. The number of nitrogens with one attached hydrogen (secondary N) is 1. The fourth-order valence-corrected chi connectivity index (χ4v) is 2.66. The molecule has 5 heteroatoms. The maximum atomic E-state index is 12.1. The lowest BCUT2D eigenvalue weighted by Crippen LogP contribution is -2.43. The van der Waals surface area contributed by atoms with Gasteiger partial charge in [-0.25, -0.2) is 0 Å². The largest absolute Gasteiger partial charge is 0.389 e. The van der Waals surface area contributed by atoms with E-state index >= 15 is 0 Å². The summed E-state index contributed by atoms with van der Waals surface area (Å²) in [6.07, 6.45) is 2.58. The van der Waals surface area contributed by atoms with Crippen LogP contribution in [0.5, 0.6) is 0 Å². The Morgan fingerprint density at radius 1 is 1.37 bits per heavy atom. The van der Waals surface area contributed by atoms with Crippen LogP contribution >= 0.6 is 15.9 Å². The van der Waals surface area contributed by atoms with E-state index in [1.165, 1.54) is 0 Å². The van der Waals surface area contributed by atoms with Gasteiger partial charge in [0.05, 0.1) is 5.60 Å². The van der Waals surface area contributed by atoms with E-state index in [-0.39, 0.29) is 18.4 Å². The monoisotopic (exact) mass is 326 g/mol. The quantitative estimate of drug-likeness (QED) is 0.797. The van der Waals surface area contributed by atoms with E-state index in [1.807, 2.05) is 24.3 Å². The van der Waals surface area contributed by atoms with Crippen LogP contribution in [0, 0.1) is 5.92 Å². The van der Waals surface area contributed by atoms with Crippen LogP contribution in [0.15, 0.2) is 28.7 Å². The van der Waals surface area contributed by atoms with E-state index in [0.29, 0.717) is 25.7 Å². The number of nitrogens with two attached hydrogens (primary N) is 1. The highest BCUT2D eigenvalue weighted by Gasteiger charge is 2.34. The number of benzene rings is 1. The summed E-state index contributed by atoms with van der Waals surface area (Å²) >= 11 is 3.36. The molecule has 1 aromatic rings. The van der Waals surface area contributed by atoms with E-state index < -0.39 is 5.60 Å². The summed E-state index contributed by atoms with van der Waals surface area (Å²) in [6, 6.07) is 7.51. The molecule has 0 aliphatic heterocycles. The highest BCUT2D eigenvalue weighted by Crippen LogP contribution is 2.32. The van der Waals surface area contributed by atoms with Crippen LogP contribution in [0.25, 0.3) is 0 Å². The molecule has 1 aliphatic carbocycles. The van der Waals surface area contributed by atoms with Gasteiger partial charge in [0.25, 0.3) is 0 Å². The molecule has 0 atom stereocenters. The summed E-state index contributed by atoms with van der Waals surface area (Å²) in [7, 11) is 0. The fourth-order valence-electron chi connectivity index (χ4n) is 2.40. The van der Waals surface area contributed by atoms with Gasteiger partial charge in [0.2, 0.25) is 5.91 Å². The van der Waals surface area contributed by atoms with Gasteiger partial charge < -0.3 is 16.2 Å². The minimum Gasteiger partial charge on any atom is -0.389 e. The molecule has 0 spiro atoms. The highest BCUT2D eigenvalue weighted by molar-refractivity contribution is 9.10. The SMILES string of the molecule is NCC1(O)CCC(C(=O)Nc2ccc(Br)cc2)CC1. The van der Waals surface area contributed by atoms with Crippen LogP contribution in [0.2, 0.25) is 0 Å². The lowest BCUT2D eigenvalue weighted by atomic mass is 9.78. The van der Waals surface area contributed by atoms with Crippen LogP contribution in [-0.4, -0.2) is 23.2 Å². The Bertz CT molecular complexity index is 439. The van der Waals surface area contributed by atoms with Crippen LogP contribution in [0.3, 0.4) is 0 Å². The maximum Gasteiger partial charge on any atom is 0.227 e. The van der Waals surface area contributed by atoms with Crippen molar-refractivity contribution in [3.05, 3.63) is 28.7 Å². The lowest BCUT2D eigenvalue weighted by Gasteiger charge is -2.34. The Labute approximate surface area is 121 Å².